The van der Waals surface area contributed by atoms with Crippen molar-refractivity contribution in [3.05, 3.63) is 33.4 Å². The van der Waals surface area contributed by atoms with E-state index in [0.29, 0.717) is 5.56 Å². The van der Waals surface area contributed by atoms with E-state index in [1.807, 2.05) is 0 Å². The van der Waals surface area contributed by atoms with Crippen LogP contribution in [0.1, 0.15) is 22.8 Å². The Hall–Kier alpha value is -2.24. The number of Topliss-reactive ketones (excluding diaryl/α,β-unsaturated/α-hetero) is 1. The number of nitro groups is 1. The lowest BCUT2D eigenvalue weighted by Crippen LogP contribution is -2.05. The number of benzene rings is 1. The van der Waals surface area contributed by atoms with Crippen molar-refractivity contribution in [2.24, 2.45) is 0 Å². The first-order valence-electron chi connectivity index (χ1n) is 4.61. The minimum absolute atomic E-state index is 0.0806. The van der Waals surface area contributed by atoms with Crippen LogP contribution >= 0.6 is 0 Å². The monoisotopic (exact) mass is 220 g/mol. The zero-order valence-corrected chi connectivity index (χ0v) is 8.44. The summed E-state index contributed by atoms with van der Waals surface area (Å²) >= 11 is 0. The van der Waals surface area contributed by atoms with E-state index >= 15 is 0 Å². The van der Waals surface area contributed by atoms with Gasteiger partial charge in [0, 0.05) is 11.6 Å². The molecule has 0 atom stereocenters. The normalized spacial score (nSPS) is 13.2. The van der Waals surface area contributed by atoms with Crippen LogP contribution in [0.4, 0.5) is 11.4 Å². The first kappa shape index (κ1) is 10.3. The topological polar surface area (TPSA) is 89.3 Å². The van der Waals surface area contributed by atoms with Gasteiger partial charge in [-0.15, -0.1) is 0 Å². The van der Waals surface area contributed by atoms with E-state index in [1.165, 1.54) is 19.1 Å². The van der Waals surface area contributed by atoms with Gasteiger partial charge in [-0.1, -0.05) is 0 Å². The SMILES string of the molecule is CC(=O)c1cc2c(c([N+](=O)[O-])c1)NC(=O)C2. The summed E-state index contributed by atoms with van der Waals surface area (Å²) in [6.45, 7) is 1.33. The van der Waals surface area contributed by atoms with E-state index in [0.717, 1.165) is 0 Å². The molecule has 0 bridgehead atoms. The van der Waals surface area contributed by atoms with Gasteiger partial charge in [-0.2, -0.15) is 0 Å². The number of carbonyl (C=O) groups excluding carboxylic acids is 2. The largest absolute Gasteiger partial charge is 0.320 e. The Labute approximate surface area is 90.4 Å². The number of anilines is 1. The van der Waals surface area contributed by atoms with Gasteiger partial charge in [-0.3, -0.25) is 19.7 Å². The van der Waals surface area contributed by atoms with Crippen molar-refractivity contribution in [2.45, 2.75) is 13.3 Å². The van der Waals surface area contributed by atoms with Gasteiger partial charge in [-0.25, -0.2) is 0 Å². The summed E-state index contributed by atoms with van der Waals surface area (Å²) < 4.78 is 0. The van der Waals surface area contributed by atoms with Gasteiger partial charge < -0.3 is 5.32 Å². The number of nitro benzene ring substituents is 1. The second kappa shape index (κ2) is 3.41. The highest BCUT2D eigenvalue weighted by Gasteiger charge is 2.28. The third-order valence-corrected chi connectivity index (χ3v) is 2.42. The first-order chi connectivity index (χ1) is 7.49. The van der Waals surface area contributed by atoms with Crippen LogP contribution in [0.2, 0.25) is 0 Å². The van der Waals surface area contributed by atoms with E-state index < -0.39 is 4.92 Å². The molecule has 1 aliphatic heterocycles. The zero-order chi connectivity index (χ0) is 11.9. The fraction of sp³-hybridized carbons (Fsp3) is 0.200. The van der Waals surface area contributed by atoms with Crippen molar-refractivity contribution in [2.75, 3.05) is 5.32 Å². The molecule has 0 aromatic heterocycles. The molecule has 6 heteroatoms. The van der Waals surface area contributed by atoms with E-state index in [-0.39, 0.29) is 35.0 Å². The van der Waals surface area contributed by atoms with Crippen LogP contribution in [0.15, 0.2) is 12.1 Å². The molecule has 0 saturated carbocycles. The Morgan fingerprint density at radius 3 is 2.75 bits per heavy atom. The molecule has 0 saturated heterocycles. The number of ketones is 1. The fourth-order valence-corrected chi connectivity index (χ4v) is 1.67. The molecular weight excluding hydrogens is 212 g/mol. The van der Waals surface area contributed by atoms with E-state index in [1.54, 1.807) is 0 Å². The summed E-state index contributed by atoms with van der Waals surface area (Å²) in [4.78, 5) is 32.5. The van der Waals surface area contributed by atoms with Crippen molar-refractivity contribution in [3.8, 4) is 0 Å². The van der Waals surface area contributed by atoms with Crippen molar-refractivity contribution in [1.29, 1.82) is 0 Å². The Kier molecular flexibility index (Phi) is 2.19. The number of nitrogens with zero attached hydrogens (tertiary/aromatic N) is 1. The Morgan fingerprint density at radius 1 is 1.50 bits per heavy atom. The summed E-state index contributed by atoms with van der Waals surface area (Å²) in [5.41, 5.74) is 0.736. The highest BCUT2D eigenvalue weighted by molar-refractivity contribution is 6.04. The Bertz CT molecular complexity index is 522. The average Bonchev–Trinajstić information content (AvgIpc) is 2.55. The van der Waals surface area contributed by atoms with Crippen LogP contribution in [-0.4, -0.2) is 16.6 Å². The summed E-state index contributed by atoms with van der Waals surface area (Å²) in [5, 5.41) is 13.2. The van der Waals surface area contributed by atoms with Crippen molar-refractivity contribution < 1.29 is 14.5 Å². The molecule has 0 spiro atoms. The fourth-order valence-electron chi connectivity index (χ4n) is 1.67. The number of hydrogen-bond donors (Lipinski definition) is 1. The van der Waals surface area contributed by atoms with Crippen LogP contribution < -0.4 is 5.32 Å². The maximum Gasteiger partial charge on any atom is 0.293 e. The molecule has 1 aromatic carbocycles. The molecule has 1 heterocycles. The third-order valence-electron chi connectivity index (χ3n) is 2.42. The number of amides is 1. The van der Waals surface area contributed by atoms with Gasteiger partial charge in [0.1, 0.15) is 5.69 Å². The van der Waals surface area contributed by atoms with Gasteiger partial charge in [0.25, 0.3) is 5.69 Å². The first-order valence-corrected chi connectivity index (χ1v) is 4.61. The molecule has 0 unspecified atom stereocenters. The summed E-state index contributed by atoms with van der Waals surface area (Å²) in [6, 6.07) is 2.70. The van der Waals surface area contributed by atoms with Gasteiger partial charge in [-0.05, 0) is 18.6 Å². The highest BCUT2D eigenvalue weighted by Crippen LogP contribution is 2.34. The number of nitrogens with one attached hydrogen (secondary N) is 1. The molecule has 0 aliphatic carbocycles. The molecule has 0 fully saturated rings. The maximum atomic E-state index is 11.2. The number of carbonyl (C=O) groups is 2. The average molecular weight is 220 g/mol. The molecule has 6 nitrogen and oxygen atoms in total. The van der Waals surface area contributed by atoms with Crippen LogP contribution in [-0.2, 0) is 11.2 Å². The smallest absolute Gasteiger partial charge is 0.293 e. The van der Waals surface area contributed by atoms with Crippen LogP contribution in [0, 0.1) is 10.1 Å². The molecule has 1 aliphatic rings. The van der Waals surface area contributed by atoms with Crippen LogP contribution in [0.25, 0.3) is 0 Å². The van der Waals surface area contributed by atoms with Gasteiger partial charge in [0.2, 0.25) is 5.91 Å². The lowest BCUT2D eigenvalue weighted by atomic mass is 10.0. The molecular formula is C10H8N2O4. The summed E-state index contributed by atoms with van der Waals surface area (Å²) in [6.07, 6.45) is 0.0806. The predicted octanol–water partition coefficient (Wildman–Crippen LogP) is 1.29. The molecule has 0 radical (unpaired) electrons. The highest BCUT2D eigenvalue weighted by atomic mass is 16.6. The number of hydrogen-bond acceptors (Lipinski definition) is 4. The maximum absolute atomic E-state index is 11.2. The quantitative estimate of drug-likeness (QED) is 0.462. The van der Waals surface area contributed by atoms with E-state index in [4.69, 9.17) is 0 Å². The summed E-state index contributed by atoms with van der Waals surface area (Å²) in [5.74, 6) is -0.552. The van der Waals surface area contributed by atoms with Crippen LogP contribution in [0.5, 0.6) is 0 Å². The molecule has 16 heavy (non-hydrogen) atoms. The van der Waals surface area contributed by atoms with Crippen LogP contribution in [0.3, 0.4) is 0 Å². The molecule has 2 rings (SSSR count). The minimum Gasteiger partial charge on any atom is -0.320 e. The minimum atomic E-state index is -0.600. The van der Waals surface area contributed by atoms with Crippen molar-refractivity contribution >= 4 is 23.1 Å². The number of rotatable bonds is 2. The Balaban J connectivity index is 2.65. The molecule has 82 valence electrons. The number of fused-ring (bicyclic) bond motifs is 1. The van der Waals surface area contributed by atoms with E-state index in [9.17, 15) is 19.7 Å². The van der Waals surface area contributed by atoms with Crippen molar-refractivity contribution in [3.63, 3.8) is 0 Å². The lowest BCUT2D eigenvalue weighted by molar-refractivity contribution is -0.383. The molecule has 1 aromatic rings. The molecule has 1 amide bonds. The van der Waals surface area contributed by atoms with Gasteiger partial charge in [0.05, 0.1) is 11.3 Å². The lowest BCUT2D eigenvalue weighted by Gasteiger charge is -2.02. The third kappa shape index (κ3) is 1.54. The predicted molar refractivity (Wildman–Crippen MR) is 55.4 cm³/mol. The second-order valence-corrected chi connectivity index (χ2v) is 3.57. The molecule has 1 N–H and O–H groups in total. The van der Waals surface area contributed by atoms with Crippen molar-refractivity contribution in [1.82, 2.24) is 0 Å². The van der Waals surface area contributed by atoms with Gasteiger partial charge >= 0.3 is 0 Å². The Morgan fingerprint density at radius 2 is 2.19 bits per heavy atom. The van der Waals surface area contributed by atoms with Gasteiger partial charge in [0.15, 0.2) is 5.78 Å². The standard InChI is InChI=1S/C10H8N2O4/c1-5(13)6-2-7-4-9(14)11-10(7)8(3-6)12(15)16/h2-3H,4H2,1H3,(H,11,14). The summed E-state index contributed by atoms with van der Waals surface area (Å²) in [7, 11) is 0. The zero-order valence-electron chi connectivity index (χ0n) is 8.44. The second-order valence-electron chi connectivity index (χ2n) is 3.57. The van der Waals surface area contributed by atoms with E-state index in [2.05, 4.69) is 5.32 Å².